The topological polar surface area (TPSA) is 90.7 Å². The van der Waals surface area contributed by atoms with Gasteiger partial charge in [-0.05, 0) is 69.7 Å². The molecule has 1 aliphatic heterocycles. The number of benzene rings is 2. The molecule has 1 aliphatic rings. The van der Waals surface area contributed by atoms with Crippen molar-refractivity contribution in [2.45, 2.75) is 39.5 Å². The van der Waals surface area contributed by atoms with Crippen molar-refractivity contribution in [2.24, 2.45) is 0 Å². The van der Waals surface area contributed by atoms with Gasteiger partial charge < -0.3 is 19.1 Å². The number of aryl methyl sites for hydroxylation is 1. The van der Waals surface area contributed by atoms with Crippen LogP contribution < -0.4 is 14.8 Å². The predicted octanol–water partition coefficient (Wildman–Crippen LogP) is 5.69. The van der Waals surface area contributed by atoms with Gasteiger partial charge in [0.05, 0.1) is 19.2 Å². The number of carbonyl (C=O) groups excluding carboxylic acids is 1. The number of fused-ring (bicyclic) bond motifs is 1. The van der Waals surface area contributed by atoms with Gasteiger partial charge in [0.25, 0.3) is 0 Å². The number of pyridine rings is 1. The van der Waals surface area contributed by atoms with E-state index >= 15 is 0 Å². The molecule has 39 heavy (non-hydrogen) atoms. The number of nitrogens with zero attached hydrogens (tertiary/aromatic N) is 4. The highest BCUT2D eigenvalue weighted by atomic mass is 19.1. The number of hydrogen-bond donors (Lipinski definition) is 1. The van der Waals surface area contributed by atoms with Crippen LogP contribution in [-0.2, 0) is 4.74 Å². The van der Waals surface area contributed by atoms with Crippen molar-refractivity contribution in [3.05, 3.63) is 66.2 Å². The molecule has 2 aromatic carbocycles. The van der Waals surface area contributed by atoms with Crippen LogP contribution in [-0.4, -0.2) is 58.1 Å². The number of halogens is 1. The zero-order valence-corrected chi connectivity index (χ0v) is 22.7. The van der Waals surface area contributed by atoms with Gasteiger partial charge in [-0.25, -0.2) is 9.48 Å². The lowest BCUT2D eigenvalue weighted by atomic mass is 10.1. The van der Waals surface area contributed by atoms with E-state index in [1.54, 1.807) is 41.6 Å². The number of hydrogen-bond acceptors (Lipinski definition) is 7. The van der Waals surface area contributed by atoms with Crippen LogP contribution in [0.2, 0.25) is 0 Å². The fourth-order valence-electron chi connectivity index (χ4n) is 4.61. The van der Waals surface area contributed by atoms with Crippen molar-refractivity contribution in [3.63, 3.8) is 0 Å². The van der Waals surface area contributed by atoms with Crippen LogP contribution in [0.15, 0.2) is 54.9 Å². The summed E-state index contributed by atoms with van der Waals surface area (Å²) in [6.45, 7) is 9.13. The van der Waals surface area contributed by atoms with Gasteiger partial charge in [0.15, 0.2) is 11.5 Å². The second-order valence-corrected chi connectivity index (χ2v) is 10.4. The highest BCUT2D eigenvalue weighted by Gasteiger charge is 2.30. The minimum atomic E-state index is -0.570. The molecular formula is C29H32FN5O4. The Morgan fingerprint density at radius 3 is 2.56 bits per heavy atom. The number of carbonyl (C=O) groups is 1. The SMILES string of the molecule is COc1cccc(Oc2ccc(-c3nn(C4CN(C(=O)OC(C)(C)C)CCN4)c4c(C)cncc34)cc2)c1F. The van der Waals surface area contributed by atoms with Crippen molar-refractivity contribution in [1.82, 2.24) is 25.0 Å². The van der Waals surface area contributed by atoms with Gasteiger partial charge in [-0.2, -0.15) is 9.49 Å². The highest BCUT2D eigenvalue weighted by Crippen LogP contribution is 2.34. The van der Waals surface area contributed by atoms with Crippen LogP contribution in [0.4, 0.5) is 9.18 Å². The standard InChI is InChI=1S/C29H32FN5O4/c1-18-15-31-16-21-26(19-9-11-20(12-10-19)38-23-8-6-7-22(37-5)25(23)30)33-35(27(18)21)24-17-34(14-13-32-24)28(36)39-29(2,3)4/h6-12,15-16,24,32H,13-14,17H2,1-5H3. The molecule has 10 heteroatoms. The van der Waals surface area contributed by atoms with Crippen LogP contribution in [0, 0.1) is 12.7 Å². The van der Waals surface area contributed by atoms with Crippen molar-refractivity contribution < 1.29 is 23.4 Å². The molecule has 0 bridgehead atoms. The van der Waals surface area contributed by atoms with E-state index in [1.165, 1.54) is 13.2 Å². The maximum atomic E-state index is 14.5. The molecule has 0 saturated carbocycles. The maximum absolute atomic E-state index is 14.5. The van der Waals surface area contributed by atoms with Gasteiger partial charge >= 0.3 is 6.09 Å². The lowest BCUT2D eigenvalue weighted by Gasteiger charge is -2.35. The molecule has 0 radical (unpaired) electrons. The minimum absolute atomic E-state index is 0.0783. The van der Waals surface area contributed by atoms with Crippen molar-refractivity contribution in [2.75, 3.05) is 26.7 Å². The first kappa shape index (κ1) is 26.4. The molecule has 1 amide bonds. The molecule has 1 saturated heterocycles. The molecule has 1 atom stereocenters. The van der Waals surface area contributed by atoms with E-state index in [4.69, 9.17) is 19.3 Å². The smallest absolute Gasteiger partial charge is 0.410 e. The summed E-state index contributed by atoms with van der Waals surface area (Å²) in [7, 11) is 1.41. The van der Waals surface area contributed by atoms with Gasteiger partial charge in [0, 0.05) is 36.4 Å². The summed E-state index contributed by atoms with van der Waals surface area (Å²) in [5.41, 5.74) is 2.93. The van der Waals surface area contributed by atoms with Crippen molar-refractivity contribution in [1.29, 1.82) is 0 Å². The third-order valence-electron chi connectivity index (χ3n) is 6.40. The molecule has 5 rings (SSSR count). The first-order valence-corrected chi connectivity index (χ1v) is 12.8. The first-order chi connectivity index (χ1) is 18.6. The largest absolute Gasteiger partial charge is 0.494 e. The molecule has 1 fully saturated rings. The normalized spacial score (nSPS) is 15.8. The number of aromatic nitrogens is 3. The van der Waals surface area contributed by atoms with E-state index in [2.05, 4.69) is 10.3 Å². The Morgan fingerprint density at radius 1 is 1.10 bits per heavy atom. The summed E-state index contributed by atoms with van der Waals surface area (Å²) in [4.78, 5) is 18.9. The van der Waals surface area contributed by atoms with E-state index in [9.17, 15) is 9.18 Å². The van der Waals surface area contributed by atoms with E-state index in [0.29, 0.717) is 25.4 Å². The Labute approximate surface area is 226 Å². The summed E-state index contributed by atoms with van der Waals surface area (Å²) in [6, 6.07) is 12.1. The molecule has 4 aromatic rings. The highest BCUT2D eigenvalue weighted by molar-refractivity contribution is 5.94. The molecule has 1 N–H and O–H groups in total. The number of methoxy groups -OCH3 is 1. The van der Waals surface area contributed by atoms with E-state index < -0.39 is 11.4 Å². The number of nitrogens with one attached hydrogen (secondary N) is 1. The summed E-state index contributed by atoms with van der Waals surface area (Å²) in [5.74, 6) is 0.113. The summed E-state index contributed by atoms with van der Waals surface area (Å²) >= 11 is 0. The first-order valence-electron chi connectivity index (χ1n) is 12.8. The van der Waals surface area contributed by atoms with E-state index in [1.807, 2.05) is 44.5 Å². The molecule has 204 valence electrons. The third kappa shape index (κ3) is 5.51. The Balaban J connectivity index is 1.44. The van der Waals surface area contributed by atoms with Gasteiger partial charge in [-0.3, -0.25) is 10.3 Å². The molecular weight excluding hydrogens is 501 g/mol. The number of rotatable bonds is 5. The number of piperazine rings is 1. The monoisotopic (exact) mass is 533 g/mol. The van der Waals surface area contributed by atoms with Gasteiger partial charge in [-0.15, -0.1) is 0 Å². The maximum Gasteiger partial charge on any atom is 0.410 e. The van der Waals surface area contributed by atoms with E-state index in [0.717, 1.165) is 27.7 Å². The second kappa shape index (κ2) is 10.5. The molecule has 3 heterocycles. The lowest BCUT2D eigenvalue weighted by Crippen LogP contribution is -2.51. The second-order valence-electron chi connectivity index (χ2n) is 10.4. The molecule has 0 aliphatic carbocycles. The summed E-state index contributed by atoms with van der Waals surface area (Å²) in [6.07, 6.45) is 3.01. The van der Waals surface area contributed by atoms with Gasteiger partial charge in [-0.1, -0.05) is 6.07 Å². The zero-order valence-electron chi connectivity index (χ0n) is 22.7. The number of ether oxygens (including phenoxy) is 3. The fraction of sp³-hybridized carbons (Fsp3) is 0.345. The molecule has 2 aromatic heterocycles. The van der Waals surface area contributed by atoms with Gasteiger partial charge in [0.1, 0.15) is 23.2 Å². The predicted molar refractivity (Wildman–Crippen MR) is 146 cm³/mol. The van der Waals surface area contributed by atoms with Crippen LogP contribution in [0.25, 0.3) is 22.2 Å². The van der Waals surface area contributed by atoms with Crippen LogP contribution in [0.1, 0.15) is 32.5 Å². The third-order valence-corrected chi connectivity index (χ3v) is 6.40. The van der Waals surface area contributed by atoms with Crippen molar-refractivity contribution >= 4 is 17.0 Å². The van der Waals surface area contributed by atoms with Crippen LogP contribution in [0.3, 0.4) is 0 Å². The van der Waals surface area contributed by atoms with E-state index in [-0.39, 0.29) is 23.8 Å². The Bertz CT molecular complexity index is 1500. The molecule has 1 unspecified atom stereocenters. The van der Waals surface area contributed by atoms with Gasteiger partial charge in [0.2, 0.25) is 5.82 Å². The van der Waals surface area contributed by atoms with Crippen LogP contribution >= 0.6 is 0 Å². The van der Waals surface area contributed by atoms with Crippen molar-refractivity contribution in [3.8, 4) is 28.5 Å². The zero-order chi connectivity index (χ0) is 27.7. The summed E-state index contributed by atoms with van der Waals surface area (Å²) < 4.78 is 32.9. The average Bonchev–Trinajstić information content (AvgIpc) is 3.30. The fourth-order valence-corrected chi connectivity index (χ4v) is 4.61. The molecule has 0 spiro atoms. The lowest BCUT2D eigenvalue weighted by molar-refractivity contribution is 0.0161. The minimum Gasteiger partial charge on any atom is -0.494 e. The molecule has 9 nitrogen and oxygen atoms in total. The Morgan fingerprint density at radius 2 is 1.85 bits per heavy atom. The number of amides is 1. The average molecular weight is 534 g/mol. The summed E-state index contributed by atoms with van der Waals surface area (Å²) in [5, 5.41) is 9.35. The Hall–Kier alpha value is -4.18. The van der Waals surface area contributed by atoms with Crippen LogP contribution in [0.5, 0.6) is 17.2 Å². The Kier molecular flexibility index (Phi) is 7.14. The quantitative estimate of drug-likeness (QED) is 0.353.